The number of nitrogens with one attached hydrogen (secondary N) is 1. The Kier molecular flexibility index (Phi) is 3.29. The molecule has 0 saturated heterocycles. The molecule has 5 heteroatoms. The summed E-state index contributed by atoms with van der Waals surface area (Å²) in [4.78, 5) is 6.92. The lowest BCUT2D eigenvalue weighted by molar-refractivity contribution is 0.0952. The molecule has 102 valence electrons. The van der Waals surface area contributed by atoms with Crippen molar-refractivity contribution < 1.29 is 0 Å². The highest BCUT2D eigenvalue weighted by Crippen LogP contribution is 2.32. The maximum absolute atomic E-state index is 9.43. The van der Waals surface area contributed by atoms with E-state index in [0.717, 1.165) is 44.7 Å². The maximum atomic E-state index is 9.43. The zero-order chi connectivity index (χ0) is 13.3. The molecule has 0 bridgehead atoms. The Hall–Kier alpha value is -1.38. The number of nitrogens with zero attached hydrogens (tertiary/aromatic N) is 4. The molecule has 0 spiro atoms. The van der Waals surface area contributed by atoms with E-state index in [4.69, 9.17) is 0 Å². The van der Waals surface area contributed by atoms with Crippen LogP contribution in [0.1, 0.15) is 31.5 Å². The predicted molar refractivity (Wildman–Crippen MR) is 72.3 cm³/mol. The number of hydrogen-bond acceptors (Lipinski definition) is 4. The van der Waals surface area contributed by atoms with Crippen LogP contribution in [0.5, 0.6) is 0 Å². The maximum Gasteiger partial charge on any atom is 0.122 e. The lowest BCUT2D eigenvalue weighted by atomic mass is 9.79. The largest absolute Gasteiger partial charge is 0.333 e. The van der Waals surface area contributed by atoms with Gasteiger partial charge in [0.2, 0.25) is 0 Å². The average Bonchev–Trinajstić information content (AvgIpc) is 2.94. The van der Waals surface area contributed by atoms with E-state index in [1.807, 2.05) is 13.2 Å². The van der Waals surface area contributed by atoms with Crippen LogP contribution in [-0.2, 0) is 13.1 Å². The molecule has 5 nitrogen and oxygen atoms in total. The van der Waals surface area contributed by atoms with Gasteiger partial charge < -0.3 is 9.88 Å². The summed E-state index contributed by atoms with van der Waals surface area (Å²) < 4.78 is 2.23. The second-order valence-electron chi connectivity index (χ2n) is 5.70. The summed E-state index contributed by atoms with van der Waals surface area (Å²) in [6.07, 6.45) is 8.17. The molecule has 1 aromatic heterocycles. The zero-order valence-electron chi connectivity index (χ0n) is 11.5. The molecule has 2 atom stereocenters. The van der Waals surface area contributed by atoms with Crippen LogP contribution < -0.4 is 5.32 Å². The summed E-state index contributed by atoms with van der Waals surface area (Å²) in [7, 11) is 1.91. The molecule has 0 radical (unpaired) electrons. The van der Waals surface area contributed by atoms with Gasteiger partial charge in [0.1, 0.15) is 11.4 Å². The molecule has 2 aliphatic rings. The van der Waals surface area contributed by atoms with Crippen molar-refractivity contribution in [3.05, 3.63) is 18.2 Å². The van der Waals surface area contributed by atoms with Crippen molar-refractivity contribution in [2.24, 2.45) is 0 Å². The van der Waals surface area contributed by atoms with Crippen LogP contribution in [0, 0.1) is 11.3 Å². The van der Waals surface area contributed by atoms with Crippen LogP contribution in [0.2, 0.25) is 0 Å². The van der Waals surface area contributed by atoms with Gasteiger partial charge >= 0.3 is 0 Å². The number of fused-ring (bicyclic) bond motifs is 1. The lowest BCUT2D eigenvalue weighted by Crippen LogP contribution is -2.52. The van der Waals surface area contributed by atoms with Crippen LogP contribution in [-0.4, -0.2) is 39.6 Å². The third-order valence-electron chi connectivity index (χ3n) is 4.71. The van der Waals surface area contributed by atoms with Crippen molar-refractivity contribution in [3.63, 3.8) is 0 Å². The molecular formula is C14H21N5. The topological polar surface area (TPSA) is 56.9 Å². The van der Waals surface area contributed by atoms with Gasteiger partial charge in [-0.05, 0) is 32.7 Å². The van der Waals surface area contributed by atoms with Crippen molar-refractivity contribution in [1.29, 1.82) is 5.26 Å². The first-order valence-electron chi connectivity index (χ1n) is 7.10. The highest BCUT2D eigenvalue weighted by atomic mass is 15.3. The molecule has 2 heterocycles. The normalized spacial score (nSPS) is 31.7. The second-order valence-corrected chi connectivity index (χ2v) is 5.70. The molecule has 1 saturated carbocycles. The van der Waals surface area contributed by atoms with Crippen LogP contribution in [0.25, 0.3) is 0 Å². The molecule has 1 fully saturated rings. The van der Waals surface area contributed by atoms with Gasteiger partial charge in [-0.2, -0.15) is 5.26 Å². The first-order valence-corrected chi connectivity index (χ1v) is 7.10. The fourth-order valence-electron chi connectivity index (χ4n) is 3.45. The third kappa shape index (κ3) is 2.26. The first kappa shape index (κ1) is 12.6. The fraction of sp³-hybridized carbons (Fsp3) is 0.714. The quantitative estimate of drug-likeness (QED) is 0.865. The van der Waals surface area contributed by atoms with Crippen LogP contribution in [0.15, 0.2) is 12.4 Å². The van der Waals surface area contributed by atoms with Crippen LogP contribution >= 0.6 is 0 Å². The molecule has 0 aromatic carbocycles. The fourth-order valence-corrected chi connectivity index (χ4v) is 3.45. The summed E-state index contributed by atoms with van der Waals surface area (Å²) >= 11 is 0. The van der Waals surface area contributed by atoms with Gasteiger partial charge in [-0.3, -0.25) is 4.90 Å². The number of imidazole rings is 1. The Labute approximate surface area is 114 Å². The van der Waals surface area contributed by atoms with Gasteiger partial charge in [-0.1, -0.05) is 0 Å². The molecule has 1 aliphatic carbocycles. The van der Waals surface area contributed by atoms with E-state index in [2.05, 4.69) is 32.0 Å². The molecular weight excluding hydrogens is 238 g/mol. The number of aromatic nitrogens is 2. The Morgan fingerprint density at radius 2 is 2.42 bits per heavy atom. The first-order chi connectivity index (χ1) is 9.26. The number of rotatable bonds is 2. The van der Waals surface area contributed by atoms with E-state index in [-0.39, 0.29) is 5.54 Å². The Balaban J connectivity index is 1.72. The molecule has 19 heavy (non-hydrogen) atoms. The molecule has 1 aromatic rings. The van der Waals surface area contributed by atoms with Crippen LogP contribution in [0.4, 0.5) is 0 Å². The van der Waals surface area contributed by atoms with E-state index in [9.17, 15) is 5.26 Å². The Bertz CT molecular complexity index is 488. The second kappa shape index (κ2) is 4.95. The molecule has 2 unspecified atom stereocenters. The van der Waals surface area contributed by atoms with Crippen molar-refractivity contribution in [2.75, 3.05) is 13.6 Å². The van der Waals surface area contributed by atoms with Gasteiger partial charge in [0.25, 0.3) is 0 Å². The number of hydrogen-bond donors (Lipinski definition) is 1. The highest BCUT2D eigenvalue weighted by molar-refractivity contribution is 5.11. The Morgan fingerprint density at radius 1 is 1.53 bits per heavy atom. The van der Waals surface area contributed by atoms with Gasteiger partial charge in [0.05, 0.1) is 12.6 Å². The third-order valence-corrected chi connectivity index (χ3v) is 4.71. The zero-order valence-corrected chi connectivity index (χ0v) is 11.5. The summed E-state index contributed by atoms with van der Waals surface area (Å²) in [6, 6.07) is 3.00. The predicted octanol–water partition coefficient (Wildman–Crippen LogP) is 1.12. The van der Waals surface area contributed by atoms with Gasteiger partial charge in [-0.15, -0.1) is 0 Å². The minimum atomic E-state index is -0.324. The van der Waals surface area contributed by atoms with Gasteiger partial charge in [0, 0.05) is 31.5 Å². The molecule has 3 rings (SSSR count). The standard InChI is InChI=1S/C14H21N5/c1-16-14(11-15)4-2-3-12(9-14)19-8-7-18-6-5-17-13(18)10-19/h5-6,12,16H,2-4,7-10H2,1H3. The SMILES string of the molecule is CNC1(C#N)CCCC(N2CCn3ccnc3C2)C1. The molecule has 1 N–H and O–H groups in total. The van der Waals surface area contributed by atoms with E-state index in [1.54, 1.807) is 0 Å². The van der Waals surface area contributed by atoms with Gasteiger partial charge in [-0.25, -0.2) is 4.98 Å². The van der Waals surface area contributed by atoms with E-state index in [1.165, 1.54) is 6.42 Å². The van der Waals surface area contributed by atoms with Gasteiger partial charge in [0.15, 0.2) is 0 Å². The van der Waals surface area contributed by atoms with E-state index < -0.39 is 0 Å². The summed E-state index contributed by atoms with van der Waals surface area (Å²) in [5.41, 5.74) is -0.324. The molecule has 1 aliphatic heterocycles. The summed E-state index contributed by atoms with van der Waals surface area (Å²) in [5.74, 6) is 1.16. The Morgan fingerprint density at radius 3 is 3.21 bits per heavy atom. The molecule has 0 amide bonds. The van der Waals surface area contributed by atoms with Crippen molar-refractivity contribution in [1.82, 2.24) is 19.8 Å². The van der Waals surface area contributed by atoms with Crippen molar-refractivity contribution in [3.8, 4) is 6.07 Å². The summed E-state index contributed by atoms with van der Waals surface area (Å²) in [5, 5.41) is 12.7. The van der Waals surface area contributed by atoms with Crippen molar-refractivity contribution in [2.45, 2.75) is 50.4 Å². The van der Waals surface area contributed by atoms with E-state index in [0.29, 0.717) is 6.04 Å². The average molecular weight is 259 g/mol. The lowest BCUT2D eigenvalue weighted by Gasteiger charge is -2.42. The summed E-state index contributed by atoms with van der Waals surface area (Å²) in [6.45, 7) is 3.01. The van der Waals surface area contributed by atoms with Crippen LogP contribution in [0.3, 0.4) is 0 Å². The smallest absolute Gasteiger partial charge is 0.122 e. The van der Waals surface area contributed by atoms with Crippen molar-refractivity contribution >= 4 is 0 Å². The minimum Gasteiger partial charge on any atom is -0.333 e. The van der Waals surface area contributed by atoms with E-state index >= 15 is 0 Å². The highest BCUT2D eigenvalue weighted by Gasteiger charge is 2.38. The minimum absolute atomic E-state index is 0.324. The number of nitriles is 1. The monoisotopic (exact) mass is 259 g/mol.